The van der Waals surface area contributed by atoms with Gasteiger partial charge in [0.1, 0.15) is 24.3 Å². The Kier molecular flexibility index (Phi) is 2.07. The Hall–Kier alpha value is -1.65. The summed E-state index contributed by atoms with van der Waals surface area (Å²) in [6.07, 6.45) is 0. The van der Waals surface area contributed by atoms with Crippen LogP contribution in [0.4, 0.5) is 8.78 Å². The molecule has 1 aliphatic heterocycles. The molecule has 0 spiro atoms. The second-order valence-corrected chi connectivity index (χ2v) is 2.96. The van der Waals surface area contributed by atoms with Crippen LogP contribution in [-0.4, -0.2) is 12.6 Å². The fourth-order valence-corrected chi connectivity index (χ4v) is 1.32. The van der Waals surface area contributed by atoms with Gasteiger partial charge in [0.2, 0.25) is 0 Å². The van der Waals surface area contributed by atoms with Crippen molar-refractivity contribution in [2.24, 2.45) is 10.7 Å². The van der Waals surface area contributed by atoms with Gasteiger partial charge in [0.05, 0.1) is 0 Å². The van der Waals surface area contributed by atoms with Gasteiger partial charge in [0.15, 0.2) is 0 Å². The van der Waals surface area contributed by atoms with Crippen LogP contribution >= 0.6 is 0 Å². The predicted octanol–water partition coefficient (Wildman–Crippen LogP) is 1.35. The van der Waals surface area contributed by atoms with E-state index in [1.165, 1.54) is 0 Å². The Labute approximate surface area is 79.2 Å². The lowest BCUT2D eigenvalue weighted by Gasteiger charge is -2.06. The second-order valence-electron chi connectivity index (χ2n) is 2.96. The average molecular weight is 198 g/mol. The van der Waals surface area contributed by atoms with Crippen molar-refractivity contribution >= 4 is 6.02 Å². The van der Waals surface area contributed by atoms with Crippen molar-refractivity contribution in [2.75, 3.05) is 6.61 Å². The molecule has 0 radical (unpaired) electrons. The maximum atomic E-state index is 13.2. The third kappa shape index (κ3) is 1.53. The predicted molar refractivity (Wildman–Crippen MR) is 46.7 cm³/mol. The van der Waals surface area contributed by atoms with E-state index in [4.69, 9.17) is 10.5 Å². The van der Waals surface area contributed by atoms with E-state index in [2.05, 4.69) is 4.99 Å². The molecule has 5 heteroatoms. The Bertz CT molecular complexity index is 392. The van der Waals surface area contributed by atoms with Crippen LogP contribution in [0.2, 0.25) is 0 Å². The molecule has 2 rings (SSSR count). The van der Waals surface area contributed by atoms with Crippen molar-refractivity contribution in [3.8, 4) is 0 Å². The largest absolute Gasteiger partial charge is 0.463 e. The number of aliphatic imine (C=N–C) groups is 1. The van der Waals surface area contributed by atoms with Crippen LogP contribution in [0.25, 0.3) is 0 Å². The molecule has 1 heterocycles. The average Bonchev–Trinajstić information content (AvgIpc) is 2.56. The Morgan fingerprint density at radius 2 is 2.21 bits per heavy atom. The topological polar surface area (TPSA) is 47.6 Å². The zero-order valence-corrected chi connectivity index (χ0v) is 7.21. The van der Waals surface area contributed by atoms with Crippen LogP contribution in [0.1, 0.15) is 11.6 Å². The van der Waals surface area contributed by atoms with Crippen molar-refractivity contribution in [1.29, 1.82) is 0 Å². The molecule has 0 aromatic heterocycles. The maximum Gasteiger partial charge on any atom is 0.282 e. The van der Waals surface area contributed by atoms with Gasteiger partial charge in [-0.25, -0.2) is 13.8 Å². The zero-order chi connectivity index (χ0) is 10.1. The van der Waals surface area contributed by atoms with E-state index < -0.39 is 17.7 Å². The van der Waals surface area contributed by atoms with Crippen LogP contribution in [0.3, 0.4) is 0 Å². The molecule has 0 fully saturated rings. The van der Waals surface area contributed by atoms with Crippen LogP contribution in [0, 0.1) is 11.6 Å². The summed E-state index contributed by atoms with van der Waals surface area (Å²) in [6.45, 7) is 0.159. The summed E-state index contributed by atoms with van der Waals surface area (Å²) in [5, 5.41) is 0. The minimum atomic E-state index is -0.536. The molecule has 0 unspecified atom stereocenters. The summed E-state index contributed by atoms with van der Waals surface area (Å²) in [5.74, 6) is -1.000. The maximum absolute atomic E-state index is 13.2. The molecule has 1 aliphatic rings. The molecule has 0 saturated carbocycles. The summed E-state index contributed by atoms with van der Waals surface area (Å²) >= 11 is 0. The van der Waals surface area contributed by atoms with E-state index in [0.717, 1.165) is 18.2 Å². The van der Waals surface area contributed by atoms with E-state index in [9.17, 15) is 8.78 Å². The molecule has 74 valence electrons. The van der Waals surface area contributed by atoms with E-state index >= 15 is 0 Å². The standard InChI is InChI=1S/C9H8F2N2O/c10-5-1-2-7(11)6(3-5)8-4-14-9(12)13-8/h1-3,8H,4H2,(H2,12,13)/t8-/m1/s1. The number of nitrogens with two attached hydrogens (primary N) is 1. The first-order valence-electron chi connectivity index (χ1n) is 4.08. The number of ether oxygens (including phenoxy) is 1. The summed E-state index contributed by atoms with van der Waals surface area (Å²) in [6, 6.07) is 2.70. The highest BCUT2D eigenvalue weighted by Crippen LogP contribution is 2.25. The second kappa shape index (κ2) is 3.25. The molecule has 0 bridgehead atoms. The third-order valence-electron chi connectivity index (χ3n) is 1.99. The lowest BCUT2D eigenvalue weighted by atomic mass is 10.1. The highest BCUT2D eigenvalue weighted by molar-refractivity contribution is 5.73. The Morgan fingerprint density at radius 3 is 2.86 bits per heavy atom. The van der Waals surface area contributed by atoms with Gasteiger partial charge in [0.25, 0.3) is 6.02 Å². The smallest absolute Gasteiger partial charge is 0.282 e. The van der Waals surface area contributed by atoms with Gasteiger partial charge in [-0.05, 0) is 18.2 Å². The van der Waals surface area contributed by atoms with Gasteiger partial charge < -0.3 is 10.5 Å². The lowest BCUT2D eigenvalue weighted by molar-refractivity contribution is 0.312. The van der Waals surface area contributed by atoms with Crippen LogP contribution < -0.4 is 5.73 Å². The molecule has 14 heavy (non-hydrogen) atoms. The quantitative estimate of drug-likeness (QED) is 0.740. The van der Waals surface area contributed by atoms with Crippen molar-refractivity contribution in [3.05, 3.63) is 35.4 Å². The number of nitrogens with zero attached hydrogens (tertiary/aromatic N) is 1. The number of rotatable bonds is 1. The first kappa shape index (κ1) is 8.93. The lowest BCUT2D eigenvalue weighted by Crippen LogP contribution is -2.10. The van der Waals surface area contributed by atoms with Crippen molar-refractivity contribution < 1.29 is 13.5 Å². The number of benzene rings is 1. The molecule has 1 aromatic carbocycles. The summed E-state index contributed by atoms with van der Waals surface area (Å²) < 4.78 is 30.9. The summed E-state index contributed by atoms with van der Waals surface area (Å²) in [4.78, 5) is 3.83. The van der Waals surface area contributed by atoms with E-state index in [0.29, 0.717) is 0 Å². The number of hydrogen-bond acceptors (Lipinski definition) is 3. The highest BCUT2D eigenvalue weighted by Gasteiger charge is 2.22. The molecule has 2 N–H and O–H groups in total. The molecule has 0 aliphatic carbocycles. The molecular formula is C9H8F2N2O. The van der Waals surface area contributed by atoms with E-state index in [1.807, 2.05) is 0 Å². The van der Waals surface area contributed by atoms with Crippen molar-refractivity contribution in [3.63, 3.8) is 0 Å². The zero-order valence-electron chi connectivity index (χ0n) is 7.21. The van der Waals surface area contributed by atoms with Gasteiger partial charge in [-0.1, -0.05) is 0 Å². The van der Waals surface area contributed by atoms with Gasteiger partial charge >= 0.3 is 0 Å². The molecular weight excluding hydrogens is 190 g/mol. The first-order valence-corrected chi connectivity index (χ1v) is 4.08. The molecule has 1 aromatic rings. The van der Waals surface area contributed by atoms with Gasteiger partial charge in [-0.3, -0.25) is 0 Å². The normalized spacial score (nSPS) is 20.4. The number of amidine groups is 1. The fraction of sp³-hybridized carbons (Fsp3) is 0.222. The van der Waals surface area contributed by atoms with Crippen molar-refractivity contribution in [2.45, 2.75) is 6.04 Å². The van der Waals surface area contributed by atoms with E-state index in [-0.39, 0.29) is 18.2 Å². The molecule has 0 saturated heterocycles. The molecule has 3 nitrogen and oxygen atoms in total. The van der Waals surface area contributed by atoms with E-state index in [1.54, 1.807) is 0 Å². The van der Waals surface area contributed by atoms with Gasteiger partial charge in [-0.15, -0.1) is 0 Å². The Balaban J connectivity index is 2.36. The number of hydrogen-bond donors (Lipinski definition) is 1. The van der Waals surface area contributed by atoms with Gasteiger partial charge in [-0.2, -0.15) is 0 Å². The molecule has 0 amide bonds. The van der Waals surface area contributed by atoms with Gasteiger partial charge in [0, 0.05) is 5.56 Å². The Morgan fingerprint density at radius 1 is 1.43 bits per heavy atom. The monoisotopic (exact) mass is 198 g/mol. The number of halogens is 2. The van der Waals surface area contributed by atoms with Crippen LogP contribution in [0.15, 0.2) is 23.2 Å². The first-order chi connectivity index (χ1) is 6.66. The minimum absolute atomic E-state index is 0.0126. The summed E-state index contributed by atoms with van der Waals surface area (Å²) in [7, 11) is 0. The fourth-order valence-electron chi connectivity index (χ4n) is 1.32. The minimum Gasteiger partial charge on any atom is -0.463 e. The van der Waals surface area contributed by atoms with Crippen molar-refractivity contribution in [1.82, 2.24) is 0 Å². The SMILES string of the molecule is NC1=N[C@@H](c2cc(F)ccc2F)CO1. The molecule has 1 atom stereocenters. The third-order valence-corrected chi connectivity index (χ3v) is 1.99. The van der Waals surface area contributed by atoms with Crippen LogP contribution in [-0.2, 0) is 4.74 Å². The van der Waals surface area contributed by atoms with Crippen LogP contribution in [0.5, 0.6) is 0 Å². The summed E-state index contributed by atoms with van der Waals surface area (Å²) in [5.41, 5.74) is 5.43. The highest BCUT2D eigenvalue weighted by atomic mass is 19.1.